The van der Waals surface area contributed by atoms with Gasteiger partial charge in [0.2, 0.25) is 5.91 Å². The molecule has 0 aromatic rings. The van der Waals surface area contributed by atoms with Crippen LogP contribution in [0.1, 0.15) is 39.0 Å². The first kappa shape index (κ1) is 12.4. The molecule has 1 heterocycles. The van der Waals surface area contributed by atoms with E-state index in [4.69, 9.17) is 9.47 Å². The molecule has 2 aliphatic carbocycles. The molecule has 3 fully saturated rings. The van der Waals surface area contributed by atoms with Crippen LogP contribution in [0.15, 0.2) is 0 Å². The van der Waals surface area contributed by atoms with Gasteiger partial charge in [-0.3, -0.25) is 4.79 Å². The first-order valence-corrected chi connectivity index (χ1v) is 7.26. The van der Waals surface area contributed by atoms with Gasteiger partial charge in [-0.1, -0.05) is 0 Å². The second kappa shape index (κ2) is 4.82. The van der Waals surface area contributed by atoms with E-state index < -0.39 is 0 Å². The highest BCUT2D eigenvalue weighted by Crippen LogP contribution is 2.51. The minimum absolute atomic E-state index is 0.152. The van der Waals surface area contributed by atoms with E-state index in [1.165, 1.54) is 0 Å². The third kappa shape index (κ3) is 2.05. The summed E-state index contributed by atoms with van der Waals surface area (Å²) in [5.41, 5.74) is 0.152. The number of ether oxygens (including phenoxy) is 2. The van der Waals surface area contributed by atoms with E-state index in [2.05, 4.69) is 5.32 Å². The van der Waals surface area contributed by atoms with Crippen molar-refractivity contribution in [3.05, 3.63) is 0 Å². The van der Waals surface area contributed by atoms with Crippen molar-refractivity contribution in [1.82, 2.24) is 5.32 Å². The molecule has 1 N–H and O–H groups in total. The smallest absolute Gasteiger partial charge is 0.223 e. The van der Waals surface area contributed by atoms with Crippen LogP contribution in [-0.4, -0.2) is 37.9 Å². The molecule has 4 nitrogen and oxygen atoms in total. The maximum atomic E-state index is 11.9. The number of rotatable bonds is 4. The van der Waals surface area contributed by atoms with Crippen LogP contribution < -0.4 is 5.32 Å². The van der Waals surface area contributed by atoms with E-state index in [0.29, 0.717) is 18.1 Å². The Morgan fingerprint density at radius 1 is 1.39 bits per heavy atom. The van der Waals surface area contributed by atoms with Crippen LogP contribution in [0.25, 0.3) is 0 Å². The lowest BCUT2D eigenvalue weighted by Gasteiger charge is -2.57. The molecule has 3 aliphatic rings. The summed E-state index contributed by atoms with van der Waals surface area (Å²) in [5.74, 6) is 0.564. The Balaban J connectivity index is 1.64. The van der Waals surface area contributed by atoms with Crippen LogP contribution >= 0.6 is 0 Å². The van der Waals surface area contributed by atoms with Gasteiger partial charge in [0, 0.05) is 37.2 Å². The Bertz CT molecular complexity index is 321. The lowest BCUT2D eigenvalue weighted by atomic mass is 9.57. The van der Waals surface area contributed by atoms with E-state index in [1.54, 1.807) is 0 Å². The zero-order valence-electron chi connectivity index (χ0n) is 11.1. The monoisotopic (exact) mass is 253 g/mol. The van der Waals surface area contributed by atoms with Crippen molar-refractivity contribution < 1.29 is 14.3 Å². The van der Waals surface area contributed by atoms with E-state index in [-0.39, 0.29) is 11.3 Å². The predicted octanol–water partition coefficient (Wildman–Crippen LogP) is 1.49. The molecule has 0 aromatic carbocycles. The zero-order valence-corrected chi connectivity index (χ0v) is 11.1. The van der Waals surface area contributed by atoms with Gasteiger partial charge in [-0.05, 0) is 39.0 Å². The molecule has 0 radical (unpaired) electrons. The van der Waals surface area contributed by atoms with Gasteiger partial charge in [-0.2, -0.15) is 0 Å². The number of nitrogens with one attached hydrogen (secondary N) is 1. The summed E-state index contributed by atoms with van der Waals surface area (Å²) in [7, 11) is 0. The second-order valence-corrected chi connectivity index (χ2v) is 5.86. The molecule has 0 unspecified atom stereocenters. The Kier molecular flexibility index (Phi) is 3.32. The van der Waals surface area contributed by atoms with Crippen molar-refractivity contribution in [1.29, 1.82) is 0 Å². The Labute approximate surface area is 108 Å². The van der Waals surface area contributed by atoms with Gasteiger partial charge in [0.15, 0.2) is 0 Å². The first-order valence-electron chi connectivity index (χ1n) is 7.26. The SMILES string of the molecule is CCO[C@@H]1C[C@H](NC(=O)C2CC2)C12CCOCC2. The third-order valence-corrected chi connectivity index (χ3v) is 4.84. The summed E-state index contributed by atoms with van der Waals surface area (Å²) in [6.07, 6.45) is 5.48. The van der Waals surface area contributed by atoms with E-state index >= 15 is 0 Å². The molecular formula is C14H23NO3. The fraction of sp³-hybridized carbons (Fsp3) is 0.929. The third-order valence-electron chi connectivity index (χ3n) is 4.84. The van der Waals surface area contributed by atoms with Crippen LogP contribution in [-0.2, 0) is 14.3 Å². The van der Waals surface area contributed by atoms with Crippen molar-refractivity contribution in [3.8, 4) is 0 Å². The topological polar surface area (TPSA) is 47.6 Å². The summed E-state index contributed by atoms with van der Waals surface area (Å²) in [4.78, 5) is 11.9. The molecular weight excluding hydrogens is 230 g/mol. The van der Waals surface area contributed by atoms with Gasteiger partial charge in [0.25, 0.3) is 0 Å². The Morgan fingerprint density at radius 2 is 2.11 bits per heavy atom. The summed E-state index contributed by atoms with van der Waals surface area (Å²) >= 11 is 0. The summed E-state index contributed by atoms with van der Waals surface area (Å²) < 4.78 is 11.3. The lowest BCUT2D eigenvalue weighted by Crippen LogP contribution is -2.66. The second-order valence-electron chi connectivity index (χ2n) is 5.86. The molecule has 1 aliphatic heterocycles. The van der Waals surface area contributed by atoms with Crippen LogP contribution in [0, 0.1) is 11.3 Å². The Morgan fingerprint density at radius 3 is 2.72 bits per heavy atom. The molecule has 3 rings (SSSR count). The van der Waals surface area contributed by atoms with Gasteiger partial charge in [0.05, 0.1) is 6.10 Å². The average Bonchev–Trinajstić information content (AvgIpc) is 3.23. The van der Waals surface area contributed by atoms with Crippen LogP contribution in [0.5, 0.6) is 0 Å². The highest BCUT2D eigenvalue weighted by atomic mass is 16.5. The molecule has 2 saturated carbocycles. The van der Waals surface area contributed by atoms with Crippen LogP contribution in [0.2, 0.25) is 0 Å². The predicted molar refractivity (Wildman–Crippen MR) is 67.2 cm³/mol. The highest BCUT2D eigenvalue weighted by Gasteiger charge is 2.57. The van der Waals surface area contributed by atoms with Crippen molar-refractivity contribution in [2.75, 3.05) is 19.8 Å². The Hall–Kier alpha value is -0.610. The molecule has 1 saturated heterocycles. The average molecular weight is 253 g/mol. The van der Waals surface area contributed by atoms with Gasteiger partial charge in [0.1, 0.15) is 0 Å². The molecule has 1 spiro atoms. The molecule has 2 atom stereocenters. The van der Waals surface area contributed by atoms with Crippen LogP contribution in [0.3, 0.4) is 0 Å². The number of carbonyl (C=O) groups excluding carboxylic acids is 1. The minimum Gasteiger partial charge on any atom is -0.381 e. The van der Waals surface area contributed by atoms with Gasteiger partial charge in [-0.15, -0.1) is 0 Å². The number of carbonyl (C=O) groups is 1. The van der Waals surface area contributed by atoms with E-state index in [1.807, 2.05) is 6.92 Å². The van der Waals surface area contributed by atoms with E-state index in [9.17, 15) is 4.79 Å². The van der Waals surface area contributed by atoms with Gasteiger partial charge >= 0.3 is 0 Å². The van der Waals surface area contributed by atoms with Gasteiger partial charge in [-0.25, -0.2) is 0 Å². The van der Waals surface area contributed by atoms with Crippen LogP contribution in [0.4, 0.5) is 0 Å². The van der Waals surface area contributed by atoms with Crippen molar-refractivity contribution in [2.45, 2.75) is 51.2 Å². The fourth-order valence-corrected chi connectivity index (χ4v) is 3.44. The molecule has 0 bridgehead atoms. The van der Waals surface area contributed by atoms with Gasteiger partial charge < -0.3 is 14.8 Å². The summed E-state index contributed by atoms with van der Waals surface area (Å²) in [6.45, 7) is 4.42. The fourth-order valence-electron chi connectivity index (χ4n) is 3.44. The maximum Gasteiger partial charge on any atom is 0.223 e. The number of amides is 1. The largest absolute Gasteiger partial charge is 0.381 e. The van der Waals surface area contributed by atoms with E-state index in [0.717, 1.165) is 51.9 Å². The molecule has 0 aromatic heterocycles. The van der Waals surface area contributed by atoms with Crippen molar-refractivity contribution in [2.24, 2.45) is 11.3 Å². The quantitative estimate of drug-likeness (QED) is 0.825. The standard InChI is InChI=1S/C14H23NO3/c1-2-18-12-9-11(15-13(16)10-3-4-10)14(12)5-7-17-8-6-14/h10-12H,2-9H2,1H3,(H,15,16)/t11-,12+/m0/s1. The number of hydrogen-bond acceptors (Lipinski definition) is 3. The molecule has 1 amide bonds. The number of hydrogen-bond donors (Lipinski definition) is 1. The van der Waals surface area contributed by atoms with Crippen molar-refractivity contribution >= 4 is 5.91 Å². The molecule has 18 heavy (non-hydrogen) atoms. The normalized spacial score (nSPS) is 34.1. The molecule has 4 heteroatoms. The first-order chi connectivity index (χ1) is 8.76. The minimum atomic E-state index is 0.152. The zero-order chi connectivity index (χ0) is 12.6. The summed E-state index contributed by atoms with van der Waals surface area (Å²) in [6, 6.07) is 0.311. The van der Waals surface area contributed by atoms with Crippen molar-refractivity contribution in [3.63, 3.8) is 0 Å². The highest BCUT2D eigenvalue weighted by molar-refractivity contribution is 5.81. The molecule has 102 valence electrons. The lowest BCUT2D eigenvalue weighted by molar-refractivity contribution is -0.176. The summed E-state index contributed by atoms with van der Waals surface area (Å²) in [5, 5.41) is 3.25. The maximum absolute atomic E-state index is 11.9.